The summed E-state index contributed by atoms with van der Waals surface area (Å²) in [6.45, 7) is 0. The smallest absolute Gasteiger partial charge is 0.314 e. The van der Waals surface area contributed by atoms with E-state index < -0.39 is 23.9 Å². The molecule has 1 aromatic carbocycles. The Bertz CT molecular complexity index is 556. The molecule has 2 aliphatic rings. The molecule has 3 rings (SSSR count). The number of carbonyl (C=O) groups is 4. The fourth-order valence-corrected chi connectivity index (χ4v) is 2.88. The summed E-state index contributed by atoms with van der Waals surface area (Å²) in [4.78, 5) is 45.2. The lowest BCUT2D eigenvalue weighted by atomic mass is 9.87. The van der Waals surface area contributed by atoms with Gasteiger partial charge in [-0.1, -0.05) is 24.3 Å². The number of rotatable bonds is 2. The highest BCUT2D eigenvalue weighted by molar-refractivity contribution is 5.90. The zero-order valence-electron chi connectivity index (χ0n) is 11.7. The molecule has 0 N–H and O–H groups in total. The Kier molecular flexibility index (Phi) is 3.75. The lowest BCUT2D eigenvalue weighted by Crippen LogP contribution is -2.25. The van der Waals surface area contributed by atoms with E-state index in [9.17, 15) is 19.2 Å². The van der Waals surface area contributed by atoms with E-state index in [1.807, 2.05) is 24.3 Å². The van der Waals surface area contributed by atoms with Gasteiger partial charge in [-0.25, -0.2) is 0 Å². The number of ether oxygens (including phenoxy) is 2. The van der Waals surface area contributed by atoms with Crippen molar-refractivity contribution in [2.24, 2.45) is 0 Å². The molecule has 6 nitrogen and oxygen atoms in total. The van der Waals surface area contributed by atoms with E-state index in [2.05, 4.69) is 9.47 Å². The van der Waals surface area contributed by atoms with Crippen molar-refractivity contribution >= 4 is 23.9 Å². The van der Waals surface area contributed by atoms with Gasteiger partial charge >= 0.3 is 23.9 Å². The van der Waals surface area contributed by atoms with Crippen LogP contribution in [0.1, 0.15) is 48.6 Å². The van der Waals surface area contributed by atoms with Crippen molar-refractivity contribution in [1.82, 2.24) is 0 Å². The SMILES string of the molecule is O=C1CC(c2ccc(C3CC(=O)OC(=O)C3)cc2)CC(=O)O1. The van der Waals surface area contributed by atoms with Crippen LogP contribution in [0.15, 0.2) is 24.3 Å². The molecule has 2 fully saturated rings. The van der Waals surface area contributed by atoms with Gasteiger partial charge < -0.3 is 9.47 Å². The topological polar surface area (TPSA) is 86.7 Å². The maximum atomic E-state index is 11.3. The molecular weight excluding hydrogens is 288 g/mol. The monoisotopic (exact) mass is 302 g/mol. The van der Waals surface area contributed by atoms with Crippen molar-refractivity contribution < 1.29 is 28.7 Å². The molecule has 0 aromatic heterocycles. The molecule has 1 aromatic rings. The minimum absolute atomic E-state index is 0.180. The van der Waals surface area contributed by atoms with Crippen LogP contribution >= 0.6 is 0 Å². The van der Waals surface area contributed by atoms with Gasteiger partial charge in [0, 0.05) is 11.8 Å². The molecule has 0 saturated carbocycles. The summed E-state index contributed by atoms with van der Waals surface area (Å²) in [5, 5.41) is 0. The van der Waals surface area contributed by atoms with Crippen LogP contribution in [-0.4, -0.2) is 23.9 Å². The second-order valence-corrected chi connectivity index (χ2v) is 5.57. The molecule has 6 heteroatoms. The third-order valence-electron chi connectivity index (χ3n) is 3.99. The van der Waals surface area contributed by atoms with Crippen LogP contribution in [-0.2, 0) is 28.7 Å². The highest BCUT2D eigenvalue weighted by atomic mass is 16.6. The molecule has 0 radical (unpaired) electrons. The number of hydrogen-bond donors (Lipinski definition) is 0. The number of esters is 4. The van der Waals surface area contributed by atoms with E-state index in [1.54, 1.807) is 0 Å². The largest absolute Gasteiger partial charge is 0.393 e. The first-order valence-corrected chi connectivity index (χ1v) is 7.08. The lowest BCUT2D eigenvalue weighted by molar-refractivity contribution is -0.165. The molecule has 22 heavy (non-hydrogen) atoms. The lowest BCUT2D eigenvalue weighted by Gasteiger charge is -2.22. The Hall–Kier alpha value is -2.50. The quantitative estimate of drug-likeness (QED) is 0.609. The van der Waals surface area contributed by atoms with Crippen molar-refractivity contribution in [3.8, 4) is 0 Å². The normalized spacial score (nSPS) is 20.7. The van der Waals surface area contributed by atoms with Gasteiger partial charge in [-0.15, -0.1) is 0 Å². The molecule has 2 heterocycles. The van der Waals surface area contributed by atoms with Crippen LogP contribution in [0.2, 0.25) is 0 Å². The third kappa shape index (κ3) is 3.05. The van der Waals surface area contributed by atoms with Crippen molar-refractivity contribution in [3.05, 3.63) is 35.4 Å². The van der Waals surface area contributed by atoms with Crippen LogP contribution in [0.3, 0.4) is 0 Å². The Balaban J connectivity index is 1.75. The maximum absolute atomic E-state index is 11.3. The summed E-state index contributed by atoms with van der Waals surface area (Å²) in [5.41, 5.74) is 1.75. The molecule has 0 spiro atoms. The maximum Gasteiger partial charge on any atom is 0.314 e. The minimum Gasteiger partial charge on any atom is -0.393 e. The molecule has 2 saturated heterocycles. The van der Waals surface area contributed by atoms with E-state index in [4.69, 9.17) is 0 Å². The minimum atomic E-state index is -0.508. The average Bonchev–Trinajstić information content (AvgIpc) is 2.45. The highest BCUT2D eigenvalue weighted by Gasteiger charge is 2.30. The van der Waals surface area contributed by atoms with Gasteiger partial charge in [-0.2, -0.15) is 0 Å². The first-order valence-electron chi connectivity index (χ1n) is 7.08. The van der Waals surface area contributed by atoms with Crippen molar-refractivity contribution in [3.63, 3.8) is 0 Å². The highest BCUT2D eigenvalue weighted by Crippen LogP contribution is 2.32. The molecule has 114 valence electrons. The average molecular weight is 302 g/mol. The van der Waals surface area contributed by atoms with Crippen LogP contribution < -0.4 is 0 Å². The number of hydrogen-bond acceptors (Lipinski definition) is 6. The molecule has 0 unspecified atom stereocenters. The van der Waals surface area contributed by atoms with Crippen LogP contribution in [0, 0.1) is 0 Å². The second kappa shape index (κ2) is 5.71. The first kappa shape index (κ1) is 14.4. The van der Waals surface area contributed by atoms with Gasteiger partial charge in [0.15, 0.2) is 0 Å². The predicted molar refractivity (Wildman–Crippen MR) is 72.6 cm³/mol. The standard InChI is InChI=1S/C16H14O6/c17-13-5-11(6-14(18)21-13)9-1-2-10(4-3-9)12-7-15(19)22-16(20)8-12/h1-4,11-12H,5-8H2. The van der Waals surface area contributed by atoms with Gasteiger partial charge in [0.05, 0.1) is 25.7 Å². The molecule has 0 amide bonds. The fourth-order valence-electron chi connectivity index (χ4n) is 2.88. The van der Waals surface area contributed by atoms with Crippen molar-refractivity contribution in [2.45, 2.75) is 37.5 Å². The number of cyclic esters (lactones) is 4. The van der Waals surface area contributed by atoms with Gasteiger partial charge in [0.1, 0.15) is 0 Å². The summed E-state index contributed by atoms with van der Waals surface area (Å²) < 4.78 is 9.03. The number of carbonyl (C=O) groups excluding carboxylic acids is 4. The summed E-state index contributed by atoms with van der Waals surface area (Å²) in [6, 6.07) is 7.32. The summed E-state index contributed by atoms with van der Waals surface area (Å²) in [5.74, 6) is -2.39. The third-order valence-corrected chi connectivity index (χ3v) is 3.99. The van der Waals surface area contributed by atoms with Crippen molar-refractivity contribution in [1.29, 1.82) is 0 Å². The van der Waals surface area contributed by atoms with Gasteiger partial charge in [-0.3, -0.25) is 19.2 Å². The molecular formula is C16H14O6. The Morgan fingerprint density at radius 2 is 0.864 bits per heavy atom. The first-order chi connectivity index (χ1) is 10.5. The predicted octanol–water partition coefficient (Wildman–Crippen LogP) is 1.58. The fraction of sp³-hybridized carbons (Fsp3) is 0.375. The van der Waals surface area contributed by atoms with E-state index in [1.165, 1.54) is 0 Å². The summed E-state index contributed by atoms with van der Waals surface area (Å²) in [7, 11) is 0. The number of benzene rings is 1. The molecule has 2 aliphatic heterocycles. The van der Waals surface area contributed by atoms with Crippen LogP contribution in [0.4, 0.5) is 0 Å². The Morgan fingerprint density at radius 1 is 0.591 bits per heavy atom. The van der Waals surface area contributed by atoms with Crippen molar-refractivity contribution in [2.75, 3.05) is 0 Å². The summed E-state index contributed by atoms with van der Waals surface area (Å²) >= 11 is 0. The zero-order valence-corrected chi connectivity index (χ0v) is 11.7. The van der Waals surface area contributed by atoms with Gasteiger partial charge in [0.25, 0.3) is 0 Å². The van der Waals surface area contributed by atoms with E-state index in [0.29, 0.717) is 0 Å². The Labute approximate surface area is 126 Å². The van der Waals surface area contributed by atoms with Gasteiger partial charge in [-0.05, 0) is 11.1 Å². The van der Waals surface area contributed by atoms with E-state index in [0.717, 1.165) is 11.1 Å². The van der Waals surface area contributed by atoms with E-state index >= 15 is 0 Å². The van der Waals surface area contributed by atoms with E-state index in [-0.39, 0.29) is 37.5 Å². The molecule has 0 atom stereocenters. The summed E-state index contributed by atoms with van der Waals surface area (Å²) in [6.07, 6.45) is 0.720. The zero-order chi connectivity index (χ0) is 15.7. The van der Waals surface area contributed by atoms with Gasteiger partial charge in [0.2, 0.25) is 0 Å². The second-order valence-electron chi connectivity index (χ2n) is 5.57. The Morgan fingerprint density at radius 3 is 1.14 bits per heavy atom. The van der Waals surface area contributed by atoms with Crippen LogP contribution in [0.25, 0.3) is 0 Å². The molecule has 0 aliphatic carbocycles. The molecule has 0 bridgehead atoms. The van der Waals surface area contributed by atoms with Crippen LogP contribution in [0.5, 0.6) is 0 Å².